The first kappa shape index (κ1) is 48.1. The monoisotopic (exact) mass is 954 g/mol. The zero-order valence-electron chi connectivity index (χ0n) is 44.6. The first-order valence-electron chi connectivity index (χ1n) is 26.5. The Kier molecular flexibility index (Phi) is 11.9. The molecule has 366 valence electrons. The van der Waals surface area contributed by atoms with E-state index in [9.17, 15) is 0 Å². The van der Waals surface area contributed by atoms with Gasteiger partial charge in [-0.2, -0.15) is 0 Å². The number of benzene rings is 8. The van der Waals surface area contributed by atoms with Gasteiger partial charge in [-0.15, -0.1) is 0 Å². The molecule has 0 bridgehead atoms. The Morgan fingerprint density at radius 3 is 1.62 bits per heavy atom. The van der Waals surface area contributed by atoms with Crippen LogP contribution in [0.5, 0.6) is 0 Å². The molecule has 9 aromatic rings. The van der Waals surface area contributed by atoms with Gasteiger partial charge >= 0.3 is 0 Å². The lowest BCUT2D eigenvalue weighted by Gasteiger charge is -2.44. The van der Waals surface area contributed by atoms with Gasteiger partial charge in [0.15, 0.2) is 0 Å². The van der Waals surface area contributed by atoms with E-state index in [0.717, 1.165) is 36.3 Å². The molecule has 0 aliphatic heterocycles. The Morgan fingerprint density at radius 1 is 0.562 bits per heavy atom. The van der Waals surface area contributed by atoms with Crippen LogP contribution in [-0.2, 0) is 5.41 Å². The van der Waals surface area contributed by atoms with Crippen LogP contribution in [0.15, 0.2) is 200 Å². The van der Waals surface area contributed by atoms with Gasteiger partial charge in [0, 0.05) is 44.5 Å². The summed E-state index contributed by atoms with van der Waals surface area (Å²) in [5.74, 6) is 0.364. The summed E-state index contributed by atoms with van der Waals surface area (Å²) in [4.78, 5) is 2.43. The Balaban J connectivity index is 0.978. The number of hydrogen-bond acceptors (Lipinski definition) is 2. The topological polar surface area (TPSA) is 34.2 Å². The van der Waals surface area contributed by atoms with Gasteiger partial charge in [0.2, 0.25) is 0 Å². The maximum absolute atomic E-state index is 6.76. The van der Waals surface area contributed by atoms with E-state index in [0.29, 0.717) is 5.92 Å². The molecule has 0 saturated heterocycles. The van der Waals surface area contributed by atoms with Gasteiger partial charge in [-0.3, -0.25) is 0 Å². The highest BCUT2D eigenvalue weighted by atomic mass is 15.1. The molecule has 1 aromatic heterocycles. The number of anilines is 3. The maximum atomic E-state index is 6.76. The quantitative estimate of drug-likeness (QED) is 0.140. The third-order valence-corrected chi connectivity index (χ3v) is 17.0. The van der Waals surface area contributed by atoms with Crippen LogP contribution in [-0.4, -0.2) is 10.1 Å². The van der Waals surface area contributed by atoms with Crippen molar-refractivity contribution in [3.05, 3.63) is 222 Å². The second-order valence-corrected chi connectivity index (χ2v) is 24.0. The molecule has 73 heavy (non-hydrogen) atoms. The molecule has 8 aromatic carbocycles. The zero-order chi connectivity index (χ0) is 51.0. The van der Waals surface area contributed by atoms with Crippen molar-refractivity contribution in [3.63, 3.8) is 0 Å². The van der Waals surface area contributed by atoms with Crippen molar-refractivity contribution in [2.24, 2.45) is 16.6 Å². The molecule has 1 unspecified atom stereocenters. The van der Waals surface area contributed by atoms with Crippen LogP contribution in [0.3, 0.4) is 0 Å². The Hall–Kier alpha value is -7.20. The smallest absolute Gasteiger partial charge is 0.0541 e. The number of allylic oxidation sites excluding steroid dienone is 4. The summed E-state index contributed by atoms with van der Waals surface area (Å²) in [6, 6.07) is 68.4. The van der Waals surface area contributed by atoms with Crippen molar-refractivity contribution in [3.8, 4) is 39.1 Å². The summed E-state index contributed by atoms with van der Waals surface area (Å²) in [6.07, 6.45) is 7.94. The van der Waals surface area contributed by atoms with Crippen LogP contribution < -0.4 is 10.6 Å². The summed E-state index contributed by atoms with van der Waals surface area (Å²) in [5.41, 5.74) is 29.1. The SMILES string of the molecule is Cc1ccc(-n2c3ccc(-c4ccc(C(CC(C)(C)C(C)(C)N)C(C)(C)C)cc4)cc3c3cc(-c4ccc(N(c5ccc(-c6ccccc6)cc5)c5ccc6c(c5)C(C)(C)C5=C6C=CCC5)cc4)ccc32)cc1. The minimum atomic E-state index is -0.290. The number of rotatable bonds is 11. The summed E-state index contributed by atoms with van der Waals surface area (Å²) in [6.45, 7) is 23.0. The highest BCUT2D eigenvalue weighted by Crippen LogP contribution is 2.52. The number of nitrogens with zero attached hydrogens (tertiary/aromatic N) is 2. The average molecular weight is 954 g/mol. The van der Waals surface area contributed by atoms with E-state index in [1.165, 1.54) is 88.7 Å². The van der Waals surface area contributed by atoms with Gasteiger partial charge in [-0.05, 0) is 185 Å². The second-order valence-electron chi connectivity index (χ2n) is 24.0. The highest BCUT2D eigenvalue weighted by molar-refractivity contribution is 6.11. The van der Waals surface area contributed by atoms with Crippen LogP contribution in [0.25, 0.3) is 66.4 Å². The summed E-state index contributed by atoms with van der Waals surface area (Å²) < 4.78 is 2.43. The average Bonchev–Trinajstić information content (AvgIpc) is 3.83. The van der Waals surface area contributed by atoms with E-state index in [2.05, 4.69) is 273 Å². The van der Waals surface area contributed by atoms with Crippen molar-refractivity contribution in [1.29, 1.82) is 0 Å². The van der Waals surface area contributed by atoms with Crippen molar-refractivity contribution >= 4 is 44.4 Å². The molecule has 0 saturated carbocycles. The minimum Gasteiger partial charge on any atom is -0.325 e. The molecule has 0 fully saturated rings. The standard InChI is InChI=1S/C70H71N3/c1-46-20-32-56(33-21-46)73-65-40-30-52(49-22-24-51(25-23-49)64(67(2,3)4)45-68(5,6)70(9,10)71)42-60(65)61-43-53(31-41-66(61)73)50-28-36-55(37-29-50)72(54-34-26-48(27-35-54)47-16-12-11-13-17-47)57-38-39-59-58-18-14-15-19-62(58)69(7,8)63(59)44-57/h11-14,16-18,20-44,64H,15,19,45,71H2,1-10H3. The molecule has 2 aliphatic carbocycles. The largest absolute Gasteiger partial charge is 0.325 e. The number of fused-ring (bicyclic) bond motifs is 5. The van der Waals surface area contributed by atoms with Gasteiger partial charge in [-0.25, -0.2) is 0 Å². The molecule has 0 spiro atoms. The van der Waals surface area contributed by atoms with E-state index in [-0.39, 0.29) is 21.8 Å². The molecule has 11 rings (SSSR count). The molecule has 1 heterocycles. The first-order valence-corrected chi connectivity index (χ1v) is 26.5. The molecular weight excluding hydrogens is 883 g/mol. The van der Waals surface area contributed by atoms with E-state index >= 15 is 0 Å². The van der Waals surface area contributed by atoms with E-state index in [1.54, 1.807) is 5.57 Å². The van der Waals surface area contributed by atoms with Crippen molar-refractivity contribution in [2.75, 3.05) is 4.90 Å². The van der Waals surface area contributed by atoms with Crippen LogP contribution in [0.1, 0.15) is 110 Å². The lowest BCUT2D eigenvalue weighted by Crippen LogP contribution is -2.48. The fourth-order valence-corrected chi connectivity index (χ4v) is 11.8. The van der Waals surface area contributed by atoms with E-state index < -0.39 is 0 Å². The molecule has 3 nitrogen and oxygen atoms in total. The Labute approximate surface area is 434 Å². The van der Waals surface area contributed by atoms with Crippen LogP contribution in [0.4, 0.5) is 17.1 Å². The molecule has 3 heteroatoms. The van der Waals surface area contributed by atoms with Gasteiger partial charge < -0.3 is 15.2 Å². The van der Waals surface area contributed by atoms with Gasteiger partial charge in [-0.1, -0.05) is 181 Å². The molecular formula is C70H71N3. The number of aromatic nitrogens is 1. The molecule has 0 amide bonds. The highest BCUT2D eigenvalue weighted by Gasteiger charge is 2.40. The summed E-state index contributed by atoms with van der Waals surface area (Å²) in [7, 11) is 0. The third-order valence-electron chi connectivity index (χ3n) is 17.0. The van der Waals surface area contributed by atoms with Gasteiger partial charge in [0.25, 0.3) is 0 Å². The normalized spacial score (nSPS) is 14.9. The van der Waals surface area contributed by atoms with Crippen molar-refractivity contribution < 1.29 is 0 Å². The number of nitrogens with two attached hydrogens (primary N) is 1. The summed E-state index contributed by atoms with van der Waals surface area (Å²) in [5, 5.41) is 2.48. The minimum absolute atomic E-state index is 0.0274. The van der Waals surface area contributed by atoms with Crippen LogP contribution in [0.2, 0.25) is 0 Å². The molecule has 1 atom stereocenters. The van der Waals surface area contributed by atoms with E-state index in [4.69, 9.17) is 5.73 Å². The van der Waals surface area contributed by atoms with Crippen LogP contribution in [0, 0.1) is 17.8 Å². The van der Waals surface area contributed by atoms with Gasteiger partial charge in [0.1, 0.15) is 0 Å². The third kappa shape index (κ3) is 8.76. The van der Waals surface area contributed by atoms with E-state index in [1.807, 2.05) is 0 Å². The lowest BCUT2D eigenvalue weighted by molar-refractivity contribution is 0.137. The summed E-state index contributed by atoms with van der Waals surface area (Å²) >= 11 is 0. The molecule has 0 radical (unpaired) electrons. The van der Waals surface area contributed by atoms with Crippen molar-refractivity contribution in [2.45, 2.75) is 105 Å². The lowest BCUT2D eigenvalue weighted by atomic mass is 9.63. The number of hydrogen-bond donors (Lipinski definition) is 1. The van der Waals surface area contributed by atoms with Crippen molar-refractivity contribution in [1.82, 2.24) is 4.57 Å². The van der Waals surface area contributed by atoms with Crippen LogP contribution >= 0.6 is 0 Å². The van der Waals surface area contributed by atoms with Gasteiger partial charge in [0.05, 0.1) is 11.0 Å². The Morgan fingerprint density at radius 2 is 1.07 bits per heavy atom. The Bertz CT molecular complexity index is 3570. The molecule has 2 aliphatic rings. The maximum Gasteiger partial charge on any atom is 0.0541 e. The predicted molar refractivity (Wildman–Crippen MR) is 314 cm³/mol. The fraction of sp³-hybridized carbons (Fsp3) is 0.257. The first-order chi connectivity index (χ1) is 34.9. The number of aryl methyl sites for hydroxylation is 1. The fourth-order valence-electron chi connectivity index (χ4n) is 11.8. The predicted octanol–water partition coefficient (Wildman–Crippen LogP) is 19.2. The molecule has 2 N–H and O–H groups in total. The second kappa shape index (κ2) is 18.1. The zero-order valence-corrected chi connectivity index (χ0v) is 44.6.